The van der Waals surface area contributed by atoms with Gasteiger partial charge in [0, 0.05) is 29.0 Å². The Labute approximate surface area is 125 Å². The molecule has 1 fully saturated rings. The summed E-state index contributed by atoms with van der Waals surface area (Å²) in [5, 5.41) is 4.40. The zero-order valence-electron chi connectivity index (χ0n) is 12.1. The van der Waals surface area contributed by atoms with Gasteiger partial charge in [-0.25, -0.2) is 0 Å². The van der Waals surface area contributed by atoms with Crippen LogP contribution in [0, 0.1) is 5.92 Å². The minimum Gasteiger partial charge on any atom is -0.493 e. The molecule has 1 N–H and O–H groups in total. The van der Waals surface area contributed by atoms with Crippen LogP contribution >= 0.6 is 11.6 Å². The first-order valence-corrected chi connectivity index (χ1v) is 7.87. The van der Waals surface area contributed by atoms with Gasteiger partial charge < -0.3 is 14.8 Å². The maximum atomic E-state index is 6.29. The summed E-state index contributed by atoms with van der Waals surface area (Å²) in [7, 11) is 0. The fourth-order valence-corrected chi connectivity index (χ4v) is 3.61. The van der Waals surface area contributed by atoms with Gasteiger partial charge in [-0.05, 0) is 37.6 Å². The average Bonchev–Trinajstić information content (AvgIpc) is 3.03. The zero-order valence-corrected chi connectivity index (χ0v) is 12.9. The van der Waals surface area contributed by atoms with E-state index < -0.39 is 0 Å². The van der Waals surface area contributed by atoms with Gasteiger partial charge in [-0.1, -0.05) is 18.5 Å². The maximum Gasteiger partial charge on any atom is 0.127 e. The van der Waals surface area contributed by atoms with E-state index in [1.54, 1.807) is 0 Å². The molecule has 0 amide bonds. The van der Waals surface area contributed by atoms with Crippen LogP contribution in [0.1, 0.15) is 37.4 Å². The second kappa shape index (κ2) is 5.92. The van der Waals surface area contributed by atoms with Gasteiger partial charge in [0.25, 0.3) is 0 Å². The molecule has 0 aromatic heterocycles. The van der Waals surface area contributed by atoms with Crippen molar-refractivity contribution in [3.63, 3.8) is 0 Å². The molecule has 3 unspecified atom stereocenters. The normalized spacial score (nSPS) is 26.4. The van der Waals surface area contributed by atoms with Crippen molar-refractivity contribution >= 4 is 11.6 Å². The lowest BCUT2D eigenvalue weighted by Crippen LogP contribution is -2.29. The minimum absolute atomic E-state index is 0.260. The Kier molecular flexibility index (Phi) is 4.20. The molecule has 0 bridgehead atoms. The molecule has 0 radical (unpaired) electrons. The van der Waals surface area contributed by atoms with E-state index in [1.165, 1.54) is 11.1 Å². The molecular weight excluding hydrogens is 274 g/mol. The third-order valence-electron chi connectivity index (χ3n) is 4.24. The summed E-state index contributed by atoms with van der Waals surface area (Å²) in [5.74, 6) is 1.52. The fraction of sp³-hybridized carbons (Fsp3) is 0.625. The van der Waals surface area contributed by atoms with Gasteiger partial charge in [0.1, 0.15) is 5.75 Å². The number of halogens is 1. The van der Waals surface area contributed by atoms with Gasteiger partial charge >= 0.3 is 0 Å². The Morgan fingerprint density at radius 1 is 1.45 bits per heavy atom. The Morgan fingerprint density at radius 3 is 3.00 bits per heavy atom. The first kappa shape index (κ1) is 14.2. The Hall–Kier alpha value is -0.770. The number of nitrogens with one attached hydrogen (secondary N) is 1. The van der Waals surface area contributed by atoms with E-state index in [4.69, 9.17) is 21.1 Å². The summed E-state index contributed by atoms with van der Waals surface area (Å²) in [5.41, 5.74) is 2.44. The molecule has 3 atom stereocenters. The highest BCUT2D eigenvalue weighted by molar-refractivity contribution is 6.30. The number of ether oxygens (including phenoxy) is 2. The Bertz CT molecular complexity index is 492. The van der Waals surface area contributed by atoms with Crippen LogP contribution in [0.2, 0.25) is 5.02 Å². The van der Waals surface area contributed by atoms with Crippen molar-refractivity contribution in [3.8, 4) is 5.75 Å². The van der Waals surface area contributed by atoms with Crippen LogP contribution in [-0.4, -0.2) is 25.9 Å². The molecule has 3 rings (SSSR count). The van der Waals surface area contributed by atoms with Crippen molar-refractivity contribution in [2.45, 2.75) is 38.8 Å². The van der Waals surface area contributed by atoms with E-state index in [2.05, 4.69) is 25.2 Å². The van der Waals surface area contributed by atoms with E-state index in [1.807, 2.05) is 6.07 Å². The third-order valence-corrected chi connectivity index (χ3v) is 4.46. The largest absolute Gasteiger partial charge is 0.493 e. The van der Waals surface area contributed by atoms with Crippen molar-refractivity contribution in [2.24, 2.45) is 5.92 Å². The molecule has 1 saturated heterocycles. The third kappa shape index (κ3) is 2.67. The maximum absolute atomic E-state index is 6.29. The first-order chi connectivity index (χ1) is 9.69. The second-order valence-electron chi connectivity index (χ2n) is 5.76. The van der Waals surface area contributed by atoms with E-state index in [0.717, 1.165) is 43.4 Å². The highest BCUT2D eigenvalue weighted by Gasteiger charge is 2.33. The van der Waals surface area contributed by atoms with Crippen LogP contribution in [0.15, 0.2) is 12.1 Å². The van der Waals surface area contributed by atoms with Crippen LogP contribution in [0.25, 0.3) is 0 Å². The molecular formula is C16H22ClNO2. The highest BCUT2D eigenvalue weighted by atomic mass is 35.5. The number of fused-ring (bicyclic) bond motifs is 1. The van der Waals surface area contributed by atoms with Gasteiger partial charge in [0.2, 0.25) is 0 Å². The van der Waals surface area contributed by atoms with E-state index in [9.17, 15) is 0 Å². The van der Waals surface area contributed by atoms with Gasteiger partial charge in [0.05, 0.1) is 19.3 Å². The summed E-state index contributed by atoms with van der Waals surface area (Å²) in [6.07, 6.45) is 2.38. The lowest BCUT2D eigenvalue weighted by molar-refractivity contribution is 0.117. The van der Waals surface area contributed by atoms with Gasteiger partial charge in [-0.15, -0.1) is 0 Å². The highest BCUT2D eigenvalue weighted by Crippen LogP contribution is 2.41. The monoisotopic (exact) mass is 295 g/mol. The summed E-state index contributed by atoms with van der Waals surface area (Å²) < 4.78 is 11.6. The number of hydrogen-bond acceptors (Lipinski definition) is 3. The first-order valence-electron chi connectivity index (χ1n) is 7.49. The minimum atomic E-state index is 0.260. The van der Waals surface area contributed by atoms with Crippen molar-refractivity contribution in [2.75, 3.05) is 19.8 Å². The quantitative estimate of drug-likeness (QED) is 0.924. The van der Waals surface area contributed by atoms with E-state index in [0.29, 0.717) is 12.0 Å². The molecule has 4 heteroatoms. The Balaban J connectivity index is 1.95. The summed E-state index contributed by atoms with van der Waals surface area (Å²) in [6.45, 7) is 6.77. The Morgan fingerprint density at radius 2 is 2.30 bits per heavy atom. The summed E-state index contributed by atoms with van der Waals surface area (Å²) in [6, 6.07) is 4.35. The molecule has 2 heterocycles. The molecule has 0 aliphatic carbocycles. The standard InChI is InChI=1S/C16H22ClNO2/c1-3-18-15(12-6-10(2)20-9-12)14-8-13(17)7-11-4-5-19-16(11)14/h7-8,10,12,15,18H,3-6,9H2,1-2H3. The van der Waals surface area contributed by atoms with Crippen LogP contribution < -0.4 is 10.1 Å². The topological polar surface area (TPSA) is 30.5 Å². The van der Waals surface area contributed by atoms with Crippen molar-refractivity contribution in [1.29, 1.82) is 0 Å². The number of hydrogen-bond donors (Lipinski definition) is 1. The lowest BCUT2D eigenvalue weighted by Gasteiger charge is -2.25. The molecule has 20 heavy (non-hydrogen) atoms. The molecule has 110 valence electrons. The molecule has 1 aromatic carbocycles. The van der Waals surface area contributed by atoms with Crippen molar-refractivity contribution < 1.29 is 9.47 Å². The van der Waals surface area contributed by atoms with Crippen LogP contribution in [0.5, 0.6) is 5.75 Å². The zero-order chi connectivity index (χ0) is 14.1. The SMILES string of the molecule is CCNC(c1cc(Cl)cc2c1OCC2)C1COC(C)C1. The van der Waals surface area contributed by atoms with Crippen molar-refractivity contribution in [1.82, 2.24) is 5.32 Å². The summed E-state index contributed by atoms with van der Waals surface area (Å²) in [4.78, 5) is 0. The average molecular weight is 296 g/mol. The molecule has 2 aliphatic heterocycles. The van der Waals surface area contributed by atoms with Crippen molar-refractivity contribution in [3.05, 3.63) is 28.3 Å². The predicted molar refractivity (Wildman–Crippen MR) is 80.6 cm³/mol. The molecule has 3 nitrogen and oxygen atoms in total. The van der Waals surface area contributed by atoms with E-state index in [-0.39, 0.29) is 6.04 Å². The van der Waals surface area contributed by atoms with Crippen LogP contribution in [-0.2, 0) is 11.2 Å². The fourth-order valence-electron chi connectivity index (χ4n) is 3.36. The number of rotatable bonds is 4. The molecule has 1 aromatic rings. The van der Waals surface area contributed by atoms with Gasteiger partial charge in [-0.2, -0.15) is 0 Å². The second-order valence-corrected chi connectivity index (χ2v) is 6.19. The number of benzene rings is 1. The summed E-state index contributed by atoms with van der Waals surface area (Å²) >= 11 is 6.29. The van der Waals surface area contributed by atoms with Crippen LogP contribution in [0.3, 0.4) is 0 Å². The van der Waals surface area contributed by atoms with E-state index >= 15 is 0 Å². The molecule has 0 spiro atoms. The lowest BCUT2D eigenvalue weighted by atomic mass is 9.89. The van der Waals surface area contributed by atoms with Gasteiger partial charge in [0.15, 0.2) is 0 Å². The van der Waals surface area contributed by atoms with Gasteiger partial charge in [-0.3, -0.25) is 0 Å². The molecule has 0 saturated carbocycles. The smallest absolute Gasteiger partial charge is 0.127 e. The molecule has 2 aliphatic rings. The predicted octanol–water partition coefficient (Wildman–Crippen LogP) is 3.35. The van der Waals surface area contributed by atoms with Crippen LogP contribution in [0.4, 0.5) is 0 Å².